The Labute approximate surface area is 138 Å². The highest BCUT2D eigenvalue weighted by Crippen LogP contribution is 2.15. The molecule has 2 unspecified atom stereocenters. The average Bonchev–Trinajstić information content (AvgIpc) is 2.87. The van der Waals surface area contributed by atoms with Crippen molar-refractivity contribution < 1.29 is 14.3 Å². The molecule has 23 heavy (non-hydrogen) atoms. The van der Waals surface area contributed by atoms with Crippen LogP contribution in [0.4, 0.5) is 4.79 Å². The minimum atomic E-state index is -0.482. The first-order chi connectivity index (χ1) is 10.8. The van der Waals surface area contributed by atoms with Gasteiger partial charge in [0.15, 0.2) is 0 Å². The zero-order valence-corrected chi connectivity index (χ0v) is 14.5. The van der Waals surface area contributed by atoms with E-state index in [0.29, 0.717) is 12.6 Å². The molecule has 0 aromatic heterocycles. The third-order valence-electron chi connectivity index (χ3n) is 3.87. The standard InChI is InChI=1S/C18H28N2O3/c1-13-16(9-10-22-13)19-11-14-7-5-6-8-15(14)12-20-17(21)23-18(2,3)4/h5-8,13,16,19H,9-12H2,1-4H3,(H,20,21). The third-order valence-corrected chi connectivity index (χ3v) is 3.87. The summed E-state index contributed by atoms with van der Waals surface area (Å²) in [6, 6.07) is 8.50. The van der Waals surface area contributed by atoms with E-state index in [4.69, 9.17) is 9.47 Å². The van der Waals surface area contributed by atoms with Crippen LogP contribution in [-0.4, -0.2) is 30.4 Å². The van der Waals surface area contributed by atoms with Gasteiger partial charge in [-0.15, -0.1) is 0 Å². The SMILES string of the molecule is CC1OCCC1NCc1ccccc1CNC(=O)OC(C)(C)C. The van der Waals surface area contributed by atoms with E-state index in [9.17, 15) is 4.79 Å². The number of hydrogen-bond acceptors (Lipinski definition) is 4. The Hall–Kier alpha value is -1.59. The molecule has 0 bridgehead atoms. The lowest BCUT2D eigenvalue weighted by Gasteiger charge is -2.20. The minimum absolute atomic E-state index is 0.252. The molecule has 2 N–H and O–H groups in total. The molecule has 0 saturated carbocycles. The largest absolute Gasteiger partial charge is 0.444 e. The van der Waals surface area contributed by atoms with Crippen LogP contribution in [0, 0.1) is 0 Å². The number of amides is 1. The molecule has 0 spiro atoms. The van der Waals surface area contributed by atoms with Gasteiger partial charge in [0.1, 0.15) is 5.60 Å². The highest BCUT2D eigenvalue weighted by molar-refractivity contribution is 5.67. The van der Waals surface area contributed by atoms with Crippen LogP contribution in [0.15, 0.2) is 24.3 Å². The Morgan fingerprint density at radius 3 is 2.48 bits per heavy atom. The van der Waals surface area contributed by atoms with E-state index in [1.165, 1.54) is 5.56 Å². The summed E-state index contributed by atoms with van der Waals surface area (Å²) in [6.07, 6.45) is 0.902. The second kappa shape index (κ2) is 7.79. The number of ether oxygens (including phenoxy) is 2. The summed E-state index contributed by atoms with van der Waals surface area (Å²) < 4.78 is 10.8. The fourth-order valence-corrected chi connectivity index (χ4v) is 2.62. The zero-order valence-electron chi connectivity index (χ0n) is 14.5. The van der Waals surface area contributed by atoms with E-state index in [1.54, 1.807) is 0 Å². The van der Waals surface area contributed by atoms with Gasteiger partial charge in [-0.2, -0.15) is 0 Å². The monoisotopic (exact) mass is 320 g/mol. The van der Waals surface area contributed by atoms with Gasteiger partial charge in [0, 0.05) is 25.7 Å². The van der Waals surface area contributed by atoms with Gasteiger partial charge in [0.05, 0.1) is 6.10 Å². The first-order valence-corrected chi connectivity index (χ1v) is 8.24. The van der Waals surface area contributed by atoms with Crippen molar-refractivity contribution >= 4 is 6.09 Å². The van der Waals surface area contributed by atoms with Crippen LogP contribution in [0.25, 0.3) is 0 Å². The van der Waals surface area contributed by atoms with Crippen LogP contribution in [0.2, 0.25) is 0 Å². The molecule has 1 aliphatic rings. The number of carbonyl (C=O) groups is 1. The Morgan fingerprint density at radius 1 is 1.26 bits per heavy atom. The van der Waals surface area contributed by atoms with Crippen LogP contribution in [0.3, 0.4) is 0 Å². The molecule has 1 aliphatic heterocycles. The van der Waals surface area contributed by atoms with Crippen molar-refractivity contribution in [2.75, 3.05) is 6.61 Å². The van der Waals surface area contributed by atoms with Gasteiger partial charge >= 0.3 is 6.09 Å². The fourth-order valence-electron chi connectivity index (χ4n) is 2.62. The predicted molar refractivity (Wildman–Crippen MR) is 90.2 cm³/mol. The van der Waals surface area contributed by atoms with Crippen LogP contribution < -0.4 is 10.6 Å². The first kappa shape index (κ1) is 17.8. The second-order valence-electron chi connectivity index (χ2n) is 6.98. The highest BCUT2D eigenvalue weighted by atomic mass is 16.6. The average molecular weight is 320 g/mol. The third kappa shape index (κ3) is 5.84. The van der Waals surface area contributed by atoms with Crippen LogP contribution in [0.1, 0.15) is 45.2 Å². The van der Waals surface area contributed by atoms with Crippen LogP contribution >= 0.6 is 0 Å². The molecular formula is C18H28N2O3. The van der Waals surface area contributed by atoms with Crippen molar-refractivity contribution in [1.82, 2.24) is 10.6 Å². The molecule has 128 valence electrons. The van der Waals surface area contributed by atoms with Crippen molar-refractivity contribution in [3.8, 4) is 0 Å². The molecule has 2 rings (SSSR count). The summed E-state index contributed by atoms with van der Waals surface area (Å²) in [7, 11) is 0. The Balaban J connectivity index is 1.88. The van der Waals surface area contributed by atoms with Crippen LogP contribution in [0.5, 0.6) is 0 Å². The number of benzene rings is 1. The van der Waals surface area contributed by atoms with Gasteiger partial charge in [-0.3, -0.25) is 0 Å². The molecule has 1 heterocycles. The predicted octanol–water partition coefficient (Wildman–Crippen LogP) is 2.98. The van der Waals surface area contributed by atoms with Gasteiger partial charge in [0.25, 0.3) is 0 Å². The normalized spacial score (nSPS) is 21.2. The molecule has 5 heteroatoms. The first-order valence-electron chi connectivity index (χ1n) is 8.24. The molecule has 1 aromatic carbocycles. The number of hydrogen-bond donors (Lipinski definition) is 2. The summed E-state index contributed by atoms with van der Waals surface area (Å²) in [5, 5.41) is 6.36. The zero-order chi connectivity index (χ0) is 16.9. The van der Waals surface area contributed by atoms with Crippen molar-refractivity contribution in [3.63, 3.8) is 0 Å². The van der Waals surface area contributed by atoms with Gasteiger partial charge in [0.2, 0.25) is 0 Å². The van der Waals surface area contributed by atoms with E-state index in [2.05, 4.69) is 23.6 Å². The number of nitrogens with one attached hydrogen (secondary N) is 2. The summed E-state index contributed by atoms with van der Waals surface area (Å²) in [5.74, 6) is 0. The quantitative estimate of drug-likeness (QED) is 0.875. The minimum Gasteiger partial charge on any atom is -0.444 e. The molecule has 2 atom stereocenters. The molecule has 1 aromatic rings. The smallest absolute Gasteiger partial charge is 0.407 e. The lowest BCUT2D eigenvalue weighted by Crippen LogP contribution is -2.35. The molecule has 1 amide bonds. The van der Waals surface area contributed by atoms with Gasteiger partial charge < -0.3 is 20.1 Å². The van der Waals surface area contributed by atoms with Gasteiger partial charge in [-0.25, -0.2) is 4.79 Å². The number of rotatable bonds is 5. The topological polar surface area (TPSA) is 59.6 Å². The fraction of sp³-hybridized carbons (Fsp3) is 0.611. The lowest BCUT2D eigenvalue weighted by molar-refractivity contribution is 0.0523. The van der Waals surface area contributed by atoms with E-state index in [-0.39, 0.29) is 6.10 Å². The Morgan fingerprint density at radius 2 is 1.91 bits per heavy atom. The second-order valence-corrected chi connectivity index (χ2v) is 6.98. The molecule has 1 fully saturated rings. The lowest BCUT2D eigenvalue weighted by atomic mass is 10.1. The molecule has 0 aliphatic carbocycles. The van der Waals surface area contributed by atoms with Crippen molar-refractivity contribution in [3.05, 3.63) is 35.4 Å². The molecule has 5 nitrogen and oxygen atoms in total. The van der Waals surface area contributed by atoms with Crippen molar-refractivity contribution in [1.29, 1.82) is 0 Å². The number of carbonyl (C=O) groups excluding carboxylic acids is 1. The van der Waals surface area contributed by atoms with Gasteiger partial charge in [-0.1, -0.05) is 24.3 Å². The molecular weight excluding hydrogens is 292 g/mol. The maximum Gasteiger partial charge on any atom is 0.407 e. The van der Waals surface area contributed by atoms with E-state index in [1.807, 2.05) is 39.0 Å². The summed E-state index contributed by atoms with van der Waals surface area (Å²) in [4.78, 5) is 11.8. The van der Waals surface area contributed by atoms with E-state index < -0.39 is 11.7 Å². The Bertz CT molecular complexity index is 525. The summed E-state index contributed by atoms with van der Waals surface area (Å²) >= 11 is 0. The Kier molecular flexibility index (Phi) is 6.02. The maximum absolute atomic E-state index is 11.8. The van der Waals surface area contributed by atoms with Gasteiger partial charge in [-0.05, 0) is 45.2 Å². The summed E-state index contributed by atoms with van der Waals surface area (Å²) in [6.45, 7) is 9.72. The van der Waals surface area contributed by atoms with Crippen molar-refractivity contribution in [2.45, 2.75) is 65.0 Å². The van der Waals surface area contributed by atoms with E-state index >= 15 is 0 Å². The number of alkyl carbamates (subject to hydrolysis) is 1. The van der Waals surface area contributed by atoms with E-state index in [0.717, 1.165) is 25.1 Å². The van der Waals surface area contributed by atoms with Crippen molar-refractivity contribution in [2.24, 2.45) is 0 Å². The molecule has 0 radical (unpaired) electrons. The maximum atomic E-state index is 11.8. The highest BCUT2D eigenvalue weighted by Gasteiger charge is 2.23. The summed E-state index contributed by atoms with van der Waals surface area (Å²) in [5.41, 5.74) is 1.80. The van der Waals surface area contributed by atoms with Crippen LogP contribution in [-0.2, 0) is 22.6 Å². The molecule has 1 saturated heterocycles.